The van der Waals surface area contributed by atoms with Gasteiger partial charge in [-0.2, -0.15) is 0 Å². The molecule has 0 atom stereocenters. The summed E-state index contributed by atoms with van der Waals surface area (Å²) >= 11 is 16.2. The number of hydrogen-bond acceptors (Lipinski definition) is 2. The van der Waals surface area contributed by atoms with E-state index in [1.54, 1.807) is 0 Å². The molecule has 0 N–H and O–H groups in total. The van der Waals surface area contributed by atoms with Gasteiger partial charge in [-0.3, -0.25) is 0 Å². The van der Waals surface area contributed by atoms with Gasteiger partial charge >= 0.3 is 0 Å². The van der Waals surface area contributed by atoms with Gasteiger partial charge in [0, 0.05) is 10.0 Å². The third-order valence-corrected chi connectivity index (χ3v) is 7.02. The topological polar surface area (TPSA) is 0 Å². The molecule has 1 fully saturated rings. The zero-order valence-corrected chi connectivity index (χ0v) is 14.0. The maximum absolute atomic E-state index is 6.28. The summed E-state index contributed by atoms with van der Waals surface area (Å²) in [5.74, 6) is 3.19. The summed E-state index contributed by atoms with van der Waals surface area (Å²) < 4.78 is 0.452. The Morgan fingerprint density at radius 1 is 1.11 bits per heavy atom. The van der Waals surface area contributed by atoms with Gasteiger partial charge in [0.1, 0.15) is 0 Å². The maximum atomic E-state index is 6.28. The highest BCUT2D eigenvalue weighted by Crippen LogP contribution is 2.50. The molecule has 1 aromatic carbocycles. The number of thioether (sulfide) groups is 2. The molecule has 18 heavy (non-hydrogen) atoms. The number of rotatable bonds is 1. The Kier molecular flexibility index (Phi) is 4.86. The van der Waals surface area contributed by atoms with Gasteiger partial charge in [0.15, 0.2) is 0 Å². The molecule has 1 aliphatic rings. The Hall–Kier alpha value is 0.500. The minimum absolute atomic E-state index is 0.398. The molecule has 0 unspecified atom stereocenters. The molecule has 0 saturated carbocycles. The van der Waals surface area contributed by atoms with Crippen LogP contribution in [-0.4, -0.2) is 11.5 Å². The van der Waals surface area contributed by atoms with Crippen LogP contribution in [0.25, 0.3) is 0 Å². The first-order valence-corrected chi connectivity index (χ1v) is 8.91. The van der Waals surface area contributed by atoms with Crippen LogP contribution in [0.3, 0.4) is 0 Å². The Morgan fingerprint density at radius 3 is 2.22 bits per heavy atom. The Morgan fingerprint density at radius 2 is 1.72 bits per heavy atom. The van der Waals surface area contributed by atoms with Crippen LogP contribution in [-0.2, 0) is 0 Å². The lowest BCUT2D eigenvalue weighted by Crippen LogP contribution is -2.28. The van der Waals surface area contributed by atoms with Crippen molar-refractivity contribution < 1.29 is 0 Å². The zero-order valence-electron chi connectivity index (χ0n) is 10.9. The molecule has 0 nitrogen and oxygen atoms in total. The second kappa shape index (κ2) is 5.87. The standard InChI is InChI=1S/C14H18Cl2S2/c1-14(2,3)9-7-17-13(18-8-9)11-5-4-10(15)6-12(11)16/h4-6,9,13H,7-8H2,1-3H3. The molecular formula is C14H18Cl2S2. The number of halogens is 2. The third-order valence-electron chi connectivity index (χ3n) is 3.34. The average molecular weight is 321 g/mol. The van der Waals surface area contributed by atoms with E-state index in [9.17, 15) is 0 Å². The molecule has 0 spiro atoms. The predicted octanol–water partition coefficient (Wildman–Crippen LogP) is 6.13. The fraction of sp³-hybridized carbons (Fsp3) is 0.571. The lowest BCUT2D eigenvalue weighted by Gasteiger charge is -2.36. The van der Waals surface area contributed by atoms with E-state index in [-0.39, 0.29) is 0 Å². The normalized spacial score (nSPS) is 25.2. The van der Waals surface area contributed by atoms with Crippen LogP contribution in [0.1, 0.15) is 30.9 Å². The van der Waals surface area contributed by atoms with Crippen molar-refractivity contribution in [3.63, 3.8) is 0 Å². The minimum atomic E-state index is 0.398. The summed E-state index contributed by atoms with van der Waals surface area (Å²) in [5, 5.41) is 1.50. The van der Waals surface area contributed by atoms with E-state index in [0.717, 1.165) is 10.9 Å². The van der Waals surface area contributed by atoms with E-state index in [2.05, 4.69) is 26.8 Å². The van der Waals surface area contributed by atoms with Gasteiger partial charge in [-0.25, -0.2) is 0 Å². The van der Waals surface area contributed by atoms with Crippen molar-refractivity contribution in [1.82, 2.24) is 0 Å². The molecule has 0 radical (unpaired) electrons. The van der Waals surface area contributed by atoms with Gasteiger partial charge in [-0.15, -0.1) is 23.5 Å². The van der Waals surface area contributed by atoms with Crippen LogP contribution >= 0.6 is 46.7 Å². The fourth-order valence-electron chi connectivity index (χ4n) is 1.88. The molecule has 100 valence electrons. The second-order valence-electron chi connectivity index (χ2n) is 5.73. The molecule has 2 rings (SSSR count). The van der Waals surface area contributed by atoms with Gasteiger partial charge in [-0.05, 0) is 40.5 Å². The summed E-state index contributed by atoms with van der Waals surface area (Å²) in [6, 6.07) is 5.84. The number of benzene rings is 1. The Balaban J connectivity index is 2.06. The van der Waals surface area contributed by atoms with E-state index < -0.39 is 0 Å². The van der Waals surface area contributed by atoms with E-state index in [0.29, 0.717) is 15.0 Å². The number of hydrogen-bond donors (Lipinski definition) is 0. The summed E-state index contributed by atoms with van der Waals surface area (Å²) in [7, 11) is 0. The van der Waals surface area contributed by atoms with E-state index in [4.69, 9.17) is 23.2 Å². The molecule has 0 amide bonds. The van der Waals surface area contributed by atoms with Crippen molar-refractivity contribution in [1.29, 1.82) is 0 Å². The van der Waals surface area contributed by atoms with Crippen molar-refractivity contribution in [3.8, 4) is 0 Å². The lowest BCUT2D eigenvalue weighted by atomic mass is 9.83. The van der Waals surface area contributed by atoms with Crippen LogP contribution in [0.5, 0.6) is 0 Å². The molecular weight excluding hydrogens is 303 g/mol. The van der Waals surface area contributed by atoms with E-state index in [1.165, 1.54) is 17.1 Å². The smallest absolute Gasteiger partial charge is 0.0765 e. The van der Waals surface area contributed by atoms with Crippen molar-refractivity contribution in [2.24, 2.45) is 11.3 Å². The fourth-order valence-corrected chi connectivity index (χ4v) is 6.35. The Bertz CT molecular complexity index is 418. The van der Waals surface area contributed by atoms with Crippen LogP contribution < -0.4 is 0 Å². The van der Waals surface area contributed by atoms with Gasteiger partial charge in [0.2, 0.25) is 0 Å². The highest BCUT2D eigenvalue weighted by atomic mass is 35.5. The highest BCUT2D eigenvalue weighted by molar-refractivity contribution is 8.16. The summed E-state index contributed by atoms with van der Waals surface area (Å²) in [4.78, 5) is 0. The molecule has 4 heteroatoms. The molecule has 1 saturated heterocycles. The van der Waals surface area contributed by atoms with Crippen molar-refractivity contribution in [3.05, 3.63) is 33.8 Å². The van der Waals surface area contributed by atoms with Crippen LogP contribution in [0, 0.1) is 11.3 Å². The second-order valence-corrected chi connectivity index (χ2v) is 9.15. The molecule has 1 aliphatic heterocycles. The summed E-state index contributed by atoms with van der Waals surface area (Å²) in [5.41, 5.74) is 1.61. The third kappa shape index (κ3) is 3.53. The highest BCUT2D eigenvalue weighted by Gasteiger charge is 2.31. The predicted molar refractivity (Wildman–Crippen MR) is 87.1 cm³/mol. The van der Waals surface area contributed by atoms with Crippen molar-refractivity contribution >= 4 is 46.7 Å². The molecule has 0 aliphatic carbocycles. The first-order chi connectivity index (χ1) is 8.38. The van der Waals surface area contributed by atoms with Crippen LogP contribution in [0.15, 0.2) is 18.2 Å². The molecule has 0 bridgehead atoms. The van der Waals surface area contributed by atoms with Crippen LogP contribution in [0.4, 0.5) is 0 Å². The summed E-state index contributed by atoms with van der Waals surface area (Å²) in [6.45, 7) is 6.98. The quantitative estimate of drug-likeness (QED) is 0.610. The van der Waals surface area contributed by atoms with Gasteiger partial charge in [0.25, 0.3) is 0 Å². The largest absolute Gasteiger partial charge is 0.142 e. The Labute approximate surface area is 128 Å². The van der Waals surface area contributed by atoms with Gasteiger partial charge in [-0.1, -0.05) is 50.0 Å². The molecule has 0 aromatic heterocycles. The van der Waals surface area contributed by atoms with Gasteiger partial charge < -0.3 is 0 Å². The van der Waals surface area contributed by atoms with Gasteiger partial charge in [0.05, 0.1) is 4.58 Å². The SMILES string of the molecule is CC(C)(C)C1CSC(c2ccc(Cl)cc2Cl)SC1. The monoisotopic (exact) mass is 320 g/mol. The summed E-state index contributed by atoms with van der Waals surface area (Å²) in [6.07, 6.45) is 0. The maximum Gasteiger partial charge on any atom is 0.0765 e. The first kappa shape index (κ1) is 14.9. The molecule has 1 heterocycles. The lowest BCUT2D eigenvalue weighted by molar-refractivity contribution is 0.292. The van der Waals surface area contributed by atoms with E-state index >= 15 is 0 Å². The van der Waals surface area contributed by atoms with Crippen molar-refractivity contribution in [2.75, 3.05) is 11.5 Å². The zero-order chi connectivity index (χ0) is 13.3. The first-order valence-electron chi connectivity index (χ1n) is 6.06. The molecule has 1 aromatic rings. The van der Waals surface area contributed by atoms with Crippen LogP contribution in [0.2, 0.25) is 10.0 Å². The average Bonchev–Trinajstić information content (AvgIpc) is 2.28. The van der Waals surface area contributed by atoms with E-state index in [1.807, 2.05) is 35.7 Å². The minimum Gasteiger partial charge on any atom is -0.142 e. The van der Waals surface area contributed by atoms with Crippen molar-refractivity contribution in [2.45, 2.75) is 25.4 Å².